The van der Waals surface area contributed by atoms with Crippen molar-refractivity contribution < 1.29 is 24.2 Å². The van der Waals surface area contributed by atoms with Gasteiger partial charge in [-0.3, -0.25) is 20.4 Å². The number of carbonyl (C=O) groups is 2. The molecule has 3 saturated heterocycles. The van der Waals surface area contributed by atoms with Gasteiger partial charge in [0.05, 0.1) is 37.4 Å². The van der Waals surface area contributed by atoms with Crippen LogP contribution in [0.25, 0.3) is 0 Å². The molecule has 6 rings (SSSR count). The molecule has 2 aromatic rings. The van der Waals surface area contributed by atoms with Crippen molar-refractivity contribution in [2.24, 2.45) is 0 Å². The number of methoxy groups -OCH3 is 1. The molecule has 1 aromatic heterocycles. The highest BCUT2D eigenvalue weighted by Gasteiger charge is 2.66. The normalized spacial score (nSPS) is 28.6. The topological polar surface area (TPSA) is 197 Å². The molecule has 0 aliphatic carbocycles. The Morgan fingerprint density at radius 2 is 2.02 bits per heavy atom. The lowest BCUT2D eigenvalue weighted by Crippen LogP contribution is -2.78. The Balaban J connectivity index is 1.22. The van der Waals surface area contributed by atoms with Gasteiger partial charge in [-0.1, -0.05) is 26.0 Å². The Hall–Kier alpha value is -4.59. The molecule has 5 atom stereocenters. The highest BCUT2D eigenvalue weighted by Crippen LogP contribution is 2.41. The van der Waals surface area contributed by atoms with Crippen molar-refractivity contribution in [3.05, 3.63) is 53.3 Å². The minimum atomic E-state index is -1.32. The average Bonchev–Trinajstić information content (AvgIpc) is 3.47. The number of aliphatic hydroxyl groups is 1. The molecule has 8 N–H and O–H groups in total. The maximum absolute atomic E-state index is 13.6. The predicted octanol–water partition coefficient (Wildman–Crippen LogP) is -0.546. The zero-order valence-corrected chi connectivity index (χ0v) is 23.6. The number of ether oxygens (including phenoxy) is 2. The van der Waals surface area contributed by atoms with E-state index in [1.807, 2.05) is 12.1 Å². The summed E-state index contributed by atoms with van der Waals surface area (Å²) in [6.45, 7) is 4.90. The van der Waals surface area contributed by atoms with Crippen LogP contribution in [0.2, 0.25) is 0 Å². The van der Waals surface area contributed by atoms with Gasteiger partial charge in [-0.15, -0.1) is 0 Å². The molecule has 222 valence electrons. The second-order valence-electron chi connectivity index (χ2n) is 11.6. The van der Waals surface area contributed by atoms with E-state index in [4.69, 9.17) is 20.3 Å². The summed E-state index contributed by atoms with van der Waals surface area (Å²) in [5.74, 6) is -0.0412. The van der Waals surface area contributed by atoms with Crippen molar-refractivity contribution in [3.8, 4) is 11.5 Å². The lowest BCUT2D eigenvalue weighted by atomic mass is 9.79. The second kappa shape index (κ2) is 10.0. The fourth-order valence-electron chi connectivity index (χ4n) is 6.51. The van der Waals surface area contributed by atoms with Gasteiger partial charge in [-0.25, -0.2) is 4.98 Å². The van der Waals surface area contributed by atoms with Crippen LogP contribution in [-0.4, -0.2) is 95.4 Å². The van der Waals surface area contributed by atoms with E-state index in [1.54, 1.807) is 23.1 Å². The van der Waals surface area contributed by atoms with Gasteiger partial charge in [0, 0.05) is 24.8 Å². The van der Waals surface area contributed by atoms with E-state index in [0.29, 0.717) is 23.7 Å². The number of hydrogen-bond donors (Lipinski definition) is 8. The standard InChI is InChI=1S/C28H35N9O5/c1-27(2)9-11-42-20-14(6-4-7-15(20)27)23(39)33-17-13-37-26(30)34-16(21-28(37,22(17)38)36-25(29)35-21)12-32-24(40)19-18(41-3)8-5-10-31-19/h4-8,10,16-17,21-22,38H,9,11-13H2,1-3H3,(H2,30,34)(H,32,40)(H,33,39)(H3,29,35,36)/t16-,17?,21-,22+,28-/m0/s1. The number of benzene rings is 1. The first-order chi connectivity index (χ1) is 20.1. The van der Waals surface area contributed by atoms with Gasteiger partial charge in [0.2, 0.25) is 0 Å². The van der Waals surface area contributed by atoms with Gasteiger partial charge in [-0.05, 0) is 30.0 Å². The van der Waals surface area contributed by atoms with Gasteiger partial charge < -0.3 is 46.1 Å². The van der Waals surface area contributed by atoms with Gasteiger partial charge in [0.15, 0.2) is 23.3 Å². The van der Waals surface area contributed by atoms with Crippen LogP contribution in [0.1, 0.15) is 46.7 Å². The third-order valence-corrected chi connectivity index (χ3v) is 8.72. The van der Waals surface area contributed by atoms with E-state index in [2.05, 4.69) is 45.4 Å². The number of nitrogens with zero attached hydrogens (tertiary/aromatic N) is 2. The number of aliphatic hydroxyl groups excluding tert-OH is 1. The largest absolute Gasteiger partial charge is 0.494 e. The lowest BCUT2D eigenvalue weighted by Gasteiger charge is -2.49. The average molecular weight is 578 g/mol. The van der Waals surface area contributed by atoms with E-state index in [1.165, 1.54) is 13.3 Å². The number of pyridine rings is 1. The lowest BCUT2D eigenvalue weighted by molar-refractivity contribution is 0.00610. The number of amides is 2. The first kappa shape index (κ1) is 27.6. The molecular weight excluding hydrogens is 542 g/mol. The number of nitrogens with one attached hydrogen (secondary N) is 7. The maximum Gasteiger partial charge on any atom is 0.273 e. The van der Waals surface area contributed by atoms with Gasteiger partial charge in [0.25, 0.3) is 11.8 Å². The van der Waals surface area contributed by atoms with Crippen LogP contribution in [0.3, 0.4) is 0 Å². The molecule has 1 spiro atoms. The van der Waals surface area contributed by atoms with Crippen molar-refractivity contribution in [1.29, 1.82) is 10.8 Å². The molecule has 42 heavy (non-hydrogen) atoms. The van der Waals surface area contributed by atoms with Crippen molar-refractivity contribution in [2.75, 3.05) is 26.8 Å². The van der Waals surface area contributed by atoms with Crippen molar-refractivity contribution in [3.63, 3.8) is 0 Å². The minimum absolute atomic E-state index is 0.0112. The highest BCUT2D eigenvalue weighted by molar-refractivity contribution is 5.98. The molecule has 0 radical (unpaired) electrons. The molecular formula is C28H35N9O5. The Labute approximate surface area is 242 Å². The molecule has 1 aromatic carbocycles. The summed E-state index contributed by atoms with van der Waals surface area (Å²) in [5, 5.41) is 43.8. The number of fused-ring (bicyclic) bond motifs is 1. The molecule has 0 saturated carbocycles. The fraction of sp³-hybridized carbons (Fsp3) is 0.464. The number of para-hydroxylation sites is 1. The summed E-state index contributed by atoms with van der Waals surface area (Å²) >= 11 is 0. The Morgan fingerprint density at radius 3 is 2.81 bits per heavy atom. The summed E-state index contributed by atoms with van der Waals surface area (Å²) in [6, 6.07) is 6.78. The summed E-state index contributed by atoms with van der Waals surface area (Å²) in [6.07, 6.45) is 1.11. The smallest absolute Gasteiger partial charge is 0.273 e. The molecule has 2 amide bonds. The zero-order chi connectivity index (χ0) is 29.8. The minimum Gasteiger partial charge on any atom is -0.494 e. The third-order valence-electron chi connectivity index (χ3n) is 8.72. The van der Waals surface area contributed by atoms with E-state index in [0.717, 1.165) is 12.0 Å². The quantitative estimate of drug-likeness (QED) is 0.221. The van der Waals surface area contributed by atoms with E-state index < -0.39 is 41.7 Å². The number of guanidine groups is 2. The summed E-state index contributed by atoms with van der Waals surface area (Å²) in [4.78, 5) is 32.2. The third kappa shape index (κ3) is 4.24. The van der Waals surface area contributed by atoms with E-state index in [-0.39, 0.29) is 36.1 Å². The molecule has 1 unspecified atom stereocenters. The molecule has 5 heterocycles. The number of rotatable bonds is 6. The molecule has 14 nitrogen and oxygen atoms in total. The maximum atomic E-state index is 13.6. The molecule has 3 fully saturated rings. The van der Waals surface area contributed by atoms with Crippen LogP contribution < -0.4 is 36.1 Å². The Morgan fingerprint density at radius 1 is 1.21 bits per heavy atom. The Kier molecular flexibility index (Phi) is 6.60. The summed E-state index contributed by atoms with van der Waals surface area (Å²) in [5.41, 5.74) is 0.00100. The van der Waals surface area contributed by atoms with E-state index in [9.17, 15) is 14.7 Å². The van der Waals surface area contributed by atoms with Crippen LogP contribution >= 0.6 is 0 Å². The van der Waals surface area contributed by atoms with Crippen LogP contribution in [0.15, 0.2) is 36.5 Å². The van der Waals surface area contributed by atoms with Crippen LogP contribution in [0.4, 0.5) is 0 Å². The number of carbonyl (C=O) groups excluding carboxylic acids is 2. The monoisotopic (exact) mass is 577 g/mol. The van der Waals surface area contributed by atoms with Gasteiger partial charge in [0.1, 0.15) is 17.6 Å². The predicted molar refractivity (Wildman–Crippen MR) is 152 cm³/mol. The first-order valence-electron chi connectivity index (χ1n) is 13.8. The molecule has 4 aliphatic rings. The van der Waals surface area contributed by atoms with Crippen molar-refractivity contribution >= 4 is 23.7 Å². The number of hydrogen-bond acceptors (Lipinski definition) is 8. The molecule has 0 bridgehead atoms. The second-order valence-corrected chi connectivity index (χ2v) is 11.6. The fourth-order valence-corrected chi connectivity index (χ4v) is 6.51. The van der Waals surface area contributed by atoms with Crippen LogP contribution in [0, 0.1) is 10.8 Å². The van der Waals surface area contributed by atoms with E-state index >= 15 is 0 Å². The van der Waals surface area contributed by atoms with Crippen LogP contribution in [0.5, 0.6) is 11.5 Å². The number of aromatic nitrogens is 1. The van der Waals surface area contributed by atoms with Gasteiger partial charge in [-0.2, -0.15) is 0 Å². The van der Waals surface area contributed by atoms with Crippen LogP contribution in [-0.2, 0) is 5.41 Å². The molecule has 4 aliphatic heterocycles. The Bertz CT molecular complexity index is 1460. The SMILES string of the molecule is COc1cccnc1C(=O)NC[C@@H]1NC(=N)N2CC(NC(=O)c3cccc4c3OCCC4(C)C)[C@@H](O)[C@@]23NC(=N)N[C@@H]13. The summed E-state index contributed by atoms with van der Waals surface area (Å²) < 4.78 is 11.2. The summed E-state index contributed by atoms with van der Waals surface area (Å²) in [7, 11) is 1.45. The van der Waals surface area contributed by atoms with Crippen molar-refractivity contribution in [2.45, 2.75) is 55.6 Å². The first-order valence-corrected chi connectivity index (χ1v) is 13.8. The van der Waals surface area contributed by atoms with Gasteiger partial charge >= 0.3 is 0 Å². The van der Waals surface area contributed by atoms with Crippen molar-refractivity contribution in [1.82, 2.24) is 36.5 Å². The highest BCUT2D eigenvalue weighted by atomic mass is 16.5. The zero-order valence-electron chi connectivity index (χ0n) is 23.6. The molecule has 14 heteroatoms.